The zero-order valence-corrected chi connectivity index (χ0v) is 11.5. The summed E-state index contributed by atoms with van der Waals surface area (Å²) < 4.78 is 5.06. The molecule has 0 unspecified atom stereocenters. The molecule has 1 heterocycles. The van der Waals surface area contributed by atoms with E-state index in [2.05, 4.69) is 38.4 Å². The molecule has 1 rings (SSSR count). The molecule has 0 bridgehead atoms. The molecule has 0 fully saturated rings. The molecule has 0 aromatic carbocycles. The van der Waals surface area contributed by atoms with Gasteiger partial charge in [0.05, 0.1) is 17.3 Å². The zero-order chi connectivity index (χ0) is 11.5. The average molecular weight is 245 g/mol. The molecular formula is C11H19NOS2. The number of hydrogen-bond acceptors (Lipinski definition) is 4. The molecule has 0 N–H and O–H groups in total. The number of hydrogen-bond donors (Lipinski definition) is 1. The van der Waals surface area contributed by atoms with Crippen molar-refractivity contribution in [1.82, 2.24) is 4.98 Å². The molecular weight excluding hydrogens is 226 g/mol. The summed E-state index contributed by atoms with van der Waals surface area (Å²) in [5.41, 5.74) is 1.30. The molecule has 2 nitrogen and oxygen atoms in total. The minimum atomic E-state index is 0.111. The first-order valence-corrected chi connectivity index (χ1v) is 6.52. The van der Waals surface area contributed by atoms with E-state index in [-0.39, 0.29) is 5.41 Å². The predicted molar refractivity (Wildman–Crippen MR) is 69.1 cm³/mol. The second-order valence-electron chi connectivity index (χ2n) is 4.53. The van der Waals surface area contributed by atoms with E-state index in [9.17, 15) is 0 Å². The number of ether oxygens (including phenoxy) is 1. The van der Waals surface area contributed by atoms with E-state index in [1.807, 2.05) is 0 Å². The number of rotatable bonds is 4. The van der Waals surface area contributed by atoms with Crippen LogP contribution in [0.3, 0.4) is 0 Å². The van der Waals surface area contributed by atoms with Crippen molar-refractivity contribution in [2.45, 2.75) is 38.4 Å². The van der Waals surface area contributed by atoms with Gasteiger partial charge in [0.15, 0.2) is 0 Å². The first-order chi connectivity index (χ1) is 6.99. The second-order valence-corrected chi connectivity index (χ2v) is 6.01. The zero-order valence-electron chi connectivity index (χ0n) is 9.83. The smallest absolute Gasteiger partial charge is 0.0954 e. The molecule has 1 aromatic rings. The number of aromatic nitrogens is 1. The van der Waals surface area contributed by atoms with Gasteiger partial charge in [-0.05, 0) is 0 Å². The van der Waals surface area contributed by atoms with Crippen LogP contribution in [0, 0.1) is 0 Å². The van der Waals surface area contributed by atoms with Gasteiger partial charge in [-0.1, -0.05) is 20.8 Å². The summed E-state index contributed by atoms with van der Waals surface area (Å²) in [5, 5.41) is 1.16. The standard InChI is InChI=1S/C11H19NOS2/c1-11(2,3)10-8(7-14)15-9(12-10)5-6-13-4/h14H,5-7H2,1-4H3. The highest BCUT2D eigenvalue weighted by atomic mass is 32.1. The lowest BCUT2D eigenvalue weighted by Gasteiger charge is -2.16. The van der Waals surface area contributed by atoms with Gasteiger partial charge in [-0.3, -0.25) is 0 Å². The third kappa shape index (κ3) is 3.47. The molecule has 0 atom stereocenters. The predicted octanol–water partition coefficient (Wildman–Crippen LogP) is 3.06. The third-order valence-corrected chi connectivity index (χ3v) is 3.76. The van der Waals surface area contributed by atoms with Gasteiger partial charge in [0.25, 0.3) is 0 Å². The largest absolute Gasteiger partial charge is 0.384 e. The van der Waals surface area contributed by atoms with Crippen molar-refractivity contribution in [3.05, 3.63) is 15.6 Å². The summed E-state index contributed by atoms with van der Waals surface area (Å²) >= 11 is 6.11. The van der Waals surface area contributed by atoms with Crippen LogP contribution in [0.15, 0.2) is 0 Å². The topological polar surface area (TPSA) is 22.1 Å². The molecule has 86 valence electrons. The maximum Gasteiger partial charge on any atom is 0.0954 e. The monoisotopic (exact) mass is 245 g/mol. The summed E-state index contributed by atoms with van der Waals surface area (Å²) in [6.07, 6.45) is 0.901. The van der Waals surface area contributed by atoms with Crippen LogP contribution >= 0.6 is 24.0 Å². The number of thiol groups is 1. The van der Waals surface area contributed by atoms with Crippen LogP contribution in [0.1, 0.15) is 36.3 Å². The first-order valence-electron chi connectivity index (χ1n) is 5.08. The number of thiazole rings is 1. The van der Waals surface area contributed by atoms with E-state index in [0.29, 0.717) is 0 Å². The van der Waals surface area contributed by atoms with Gasteiger partial charge in [-0.2, -0.15) is 12.6 Å². The Kier molecular flexibility index (Phi) is 4.62. The van der Waals surface area contributed by atoms with Crippen LogP contribution < -0.4 is 0 Å². The Hall–Kier alpha value is -0.0600. The molecule has 0 aliphatic heterocycles. The van der Waals surface area contributed by atoms with E-state index in [1.165, 1.54) is 10.6 Å². The molecule has 1 aromatic heterocycles. The van der Waals surface area contributed by atoms with Gasteiger partial charge in [0, 0.05) is 29.6 Å². The highest BCUT2D eigenvalue weighted by Gasteiger charge is 2.22. The summed E-state index contributed by atoms with van der Waals surface area (Å²) in [6, 6.07) is 0. The fourth-order valence-electron chi connectivity index (χ4n) is 1.39. The van der Waals surface area contributed by atoms with Gasteiger partial charge in [-0.15, -0.1) is 11.3 Å². The van der Waals surface area contributed by atoms with E-state index in [0.717, 1.165) is 23.8 Å². The van der Waals surface area contributed by atoms with Crippen molar-refractivity contribution in [1.29, 1.82) is 0 Å². The average Bonchev–Trinajstić information content (AvgIpc) is 2.57. The molecule has 15 heavy (non-hydrogen) atoms. The van der Waals surface area contributed by atoms with Crippen LogP contribution in [-0.4, -0.2) is 18.7 Å². The van der Waals surface area contributed by atoms with Gasteiger partial charge >= 0.3 is 0 Å². The first kappa shape index (κ1) is 13.0. The van der Waals surface area contributed by atoms with Crippen LogP contribution in [-0.2, 0) is 22.3 Å². The second kappa shape index (κ2) is 5.32. The Bertz CT molecular complexity index is 315. The highest BCUT2D eigenvalue weighted by molar-refractivity contribution is 7.79. The molecule has 0 aliphatic carbocycles. The van der Waals surface area contributed by atoms with Gasteiger partial charge in [0.1, 0.15) is 0 Å². The van der Waals surface area contributed by atoms with Crippen LogP contribution in [0.4, 0.5) is 0 Å². The van der Waals surface area contributed by atoms with Gasteiger partial charge in [-0.25, -0.2) is 4.98 Å². The quantitative estimate of drug-likeness (QED) is 0.824. The minimum Gasteiger partial charge on any atom is -0.384 e. The van der Waals surface area contributed by atoms with Crippen molar-refractivity contribution in [3.8, 4) is 0 Å². The Labute approximate surface area is 101 Å². The molecule has 0 amide bonds. The van der Waals surface area contributed by atoms with Crippen LogP contribution in [0.5, 0.6) is 0 Å². The van der Waals surface area contributed by atoms with E-state index >= 15 is 0 Å². The Balaban J connectivity index is 2.90. The fourth-order valence-corrected chi connectivity index (χ4v) is 2.85. The lowest BCUT2D eigenvalue weighted by Crippen LogP contribution is -2.13. The van der Waals surface area contributed by atoms with Gasteiger partial charge < -0.3 is 4.74 Å². The molecule has 0 radical (unpaired) electrons. The Morgan fingerprint density at radius 2 is 2.07 bits per heavy atom. The van der Waals surface area contributed by atoms with Crippen LogP contribution in [0.25, 0.3) is 0 Å². The summed E-state index contributed by atoms with van der Waals surface area (Å²) in [5.74, 6) is 0.775. The van der Waals surface area contributed by atoms with Gasteiger partial charge in [0.2, 0.25) is 0 Å². The molecule has 0 spiro atoms. The van der Waals surface area contributed by atoms with E-state index in [4.69, 9.17) is 4.74 Å². The maximum absolute atomic E-state index is 5.06. The van der Waals surface area contributed by atoms with E-state index < -0.39 is 0 Å². The highest BCUT2D eigenvalue weighted by Crippen LogP contribution is 2.30. The molecule has 0 saturated carbocycles. The lowest BCUT2D eigenvalue weighted by molar-refractivity contribution is 0.202. The van der Waals surface area contributed by atoms with Crippen molar-refractivity contribution in [2.24, 2.45) is 0 Å². The van der Waals surface area contributed by atoms with Crippen molar-refractivity contribution < 1.29 is 4.74 Å². The van der Waals surface area contributed by atoms with E-state index in [1.54, 1.807) is 18.4 Å². The normalized spacial score (nSPS) is 12.1. The lowest BCUT2D eigenvalue weighted by atomic mass is 9.91. The molecule has 0 aliphatic rings. The van der Waals surface area contributed by atoms with Crippen LogP contribution in [0.2, 0.25) is 0 Å². The summed E-state index contributed by atoms with van der Waals surface area (Å²) in [6.45, 7) is 7.31. The van der Waals surface area contributed by atoms with Crippen molar-refractivity contribution in [2.75, 3.05) is 13.7 Å². The fraction of sp³-hybridized carbons (Fsp3) is 0.727. The Morgan fingerprint density at radius 1 is 1.40 bits per heavy atom. The number of methoxy groups -OCH3 is 1. The number of nitrogens with zero attached hydrogens (tertiary/aromatic N) is 1. The summed E-state index contributed by atoms with van der Waals surface area (Å²) in [4.78, 5) is 5.97. The molecule has 4 heteroatoms. The van der Waals surface area contributed by atoms with Crippen molar-refractivity contribution >= 4 is 24.0 Å². The third-order valence-electron chi connectivity index (χ3n) is 2.12. The van der Waals surface area contributed by atoms with Crippen molar-refractivity contribution in [3.63, 3.8) is 0 Å². The minimum absolute atomic E-state index is 0.111. The molecule has 0 saturated heterocycles. The summed E-state index contributed by atoms with van der Waals surface area (Å²) in [7, 11) is 1.72. The Morgan fingerprint density at radius 3 is 2.47 bits per heavy atom. The SMILES string of the molecule is COCCc1nc(C(C)(C)C)c(CS)s1. The maximum atomic E-state index is 5.06.